The van der Waals surface area contributed by atoms with Crippen LogP contribution in [0.5, 0.6) is 0 Å². The Labute approximate surface area is 166 Å². The second-order valence-electron chi connectivity index (χ2n) is 9.82. The summed E-state index contributed by atoms with van der Waals surface area (Å²) in [6, 6.07) is 9.16. The van der Waals surface area contributed by atoms with Gasteiger partial charge in [-0.1, -0.05) is 79.7 Å². The summed E-state index contributed by atoms with van der Waals surface area (Å²) in [5, 5.41) is 0. The summed E-state index contributed by atoms with van der Waals surface area (Å²) in [5.74, 6) is 0. The average molecular weight is 367 g/mol. The van der Waals surface area contributed by atoms with Crippen LogP contribution in [0.1, 0.15) is 88.8 Å². The number of benzene rings is 2. The Kier molecular flexibility index (Phi) is 5.99. The second kappa shape index (κ2) is 7.58. The highest BCUT2D eigenvalue weighted by molar-refractivity contribution is 5.61. The molecule has 0 atom stereocenters. The first-order chi connectivity index (χ1) is 12.4. The number of hydrogen-bond donors (Lipinski definition) is 2. The molecule has 0 aliphatic carbocycles. The molecular weight excluding hydrogens is 328 g/mol. The van der Waals surface area contributed by atoms with Crippen molar-refractivity contribution in [1.29, 1.82) is 0 Å². The number of nitrogens with two attached hydrogens (primary N) is 2. The van der Waals surface area contributed by atoms with Gasteiger partial charge in [-0.15, -0.1) is 0 Å². The van der Waals surface area contributed by atoms with Crippen LogP contribution in [0.2, 0.25) is 0 Å². The van der Waals surface area contributed by atoms with Crippen molar-refractivity contribution >= 4 is 11.4 Å². The fraction of sp³-hybridized carbons (Fsp3) is 0.520. The van der Waals surface area contributed by atoms with Crippen LogP contribution in [-0.4, -0.2) is 0 Å². The van der Waals surface area contributed by atoms with Crippen LogP contribution < -0.4 is 11.5 Å². The van der Waals surface area contributed by atoms with Crippen molar-refractivity contribution in [2.24, 2.45) is 0 Å². The van der Waals surface area contributed by atoms with E-state index in [2.05, 4.69) is 79.7 Å². The van der Waals surface area contributed by atoms with Gasteiger partial charge in [-0.25, -0.2) is 0 Å². The second-order valence-corrected chi connectivity index (χ2v) is 9.82. The summed E-state index contributed by atoms with van der Waals surface area (Å²) >= 11 is 0. The molecule has 0 amide bonds. The third-order valence-corrected chi connectivity index (χ3v) is 5.44. The van der Waals surface area contributed by atoms with Crippen molar-refractivity contribution in [2.75, 3.05) is 11.5 Å². The normalized spacial score (nSPS) is 12.4. The van der Waals surface area contributed by atoms with Gasteiger partial charge in [0.25, 0.3) is 0 Å². The minimum atomic E-state index is 0.0182. The average Bonchev–Trinajstić information content (AvgIpc) is 2.55. The molecule has 4 N–H and O–H groups in total. The number of rotatable bonds is 4. The molecule has 0 heterocycles. The molecule has 0 aromatic heterocycles. The smallest absolute Gasteiger partial charge is 0.0390 e. The SMILES string of the molecule is CCc1cc(Cc2cc(C(C)(C)C)c(N)c(C(C)(C)C)c2)cc(CC)c1N. The van der Waals surface area contributed by atoms with E-state index < -0.39 is 0 Å². The molecule has 2 rings (SSSR count). The van der Waals surface area contributed by atoms with Gasteiger partial charge in [-0.05, 0) is 63.5 Å². The first-order valence-corrected chi connectivity index (χ1v) is 10.2. The van der Waals surface area contributed by atoms with E-state index in [1.54, 1.807) is 0 Å². The van der Waals surface area contributed by atoms with Crippen LogP contribution in [0.25, 0.3) is 0 Å². The summed E-state index contributed by atoms with van der Waals surface area (Å²) in [5.41, 5.74) is 22.5. The summed E-state index contributed by atoms with van der Waals surface area (Å²) in [6.07, 6.45) is 2.84. The van der Waals surface area contributed by atoms with Crippen LogP contribution in [0.15, 0.2) is 24.3 Å². The maximum absolute atomic E-state index is 6.61. The fourth-order valence-corrected chi connectivity index (χ4v) is 3.83. The zero-order chi connectivity index (χ0) is 20.6. The van der Waals surface area contributed by atoms with Gasteiger partial charge in [-0.3, -0.25) is 0 Å². The highest BCUT2D eigenvalue weighted by Crippen LogP contribution is 2.37. The van der Waals surface area contributed by atoms with E-state index in [1.807, 2.05) is 0 Å². The van der Waals surface area contributed by atoms with Crippen LogP contribution in [-0.2, 0) is 30.1 Å². The summed E-state index contributed by atoms with van der Waals surface area (Å²) in [4.78, 5) is 0. The fourth-order valence-electron chi connectivity index (χ4n) is 3.83. The molecule has 2 heteroatoms. The zero-order valence-electron chi connectivity index (χ0n) is 18.6. The first-order valence-electron chi connectivity index (χ1n) is 10.2. The van der Waals surface area contributed by atoms with E-state index in [4.69, 9.17) is 11.5 Å². The van der Waals surface area contributed by atoms with Crippen molar-refractivity contribution in [3.63, 3.8) is 0 Å². The van der Waals surface area contributed by atoms with Crippen molar-refractivity contribution in [3.05, 3.63) is 57.6 Å². The Morgan fingerprint density at radius 2 is 1.00 bits per heavy atom. The van der Waals surface area contributed by atoms with Gasteiger partial charge in [0.2, 0.25) is 0 Å². The number of anilines is 2. The quantitative estimate of drug-likeness (QED) is 0.636. The molecule has 2 aromatic rings. The van der Waals surface area contributed by atoms with Gasteiger partial charge >= 0.3 is 0 Å². The maximum Gasteiger partial charge on any atom is 0.0390 e. The Morgan fingerprint density at radius 1 is 0.630 bits per heavy atom. The first kappa shape index (κ1) is 21.3. The highest BCUT2D eigenvalue weighted by Gasteiger charge is 2.25. The molecule has 2 nitrogen and oxygen atoms in total. The molecule has 0 unspecified atom stereocenters. The van der Waals surface area contributed by atoms with Crippen molar-refractivity contribution in [1.82, 2.24) is 0 Å². The molecule has 2 aromatic carbocycles. The maximum atomic E-state index is 6.61. The standard InChI is InChI=1S/C25H38N2/c1-9-18-12-16(13-19(10-2)22(18)26)11-17-14-20(24(3,4)5)23(27)21(15-17)25(6,7)8/h12-15H,9-11,26-27H2,1-8H3. The van der Waals surface area contributed by atoms with Crippen LogP contribution in [0, 0.1) is 0 Å². The molecule has 0 aliphatic heterocycles. The Morgan fingerprint density at radius 3 is 1.33 bits per heavy atom. The number of aryl methyl sites for hydroxylation is 2. The van der Waals surface area contributed by atoms with E-state index in [0.717, 1.165) is 30.6 Å². The van der Waals surface area contributed by atoms with E-state index in [0.29, 0.717) is 0 Å². The molecule has 0 saturated carbocycles. The molecule has 27 heavy (non-hydrogen) atoms. The lowest BCUT2D eigenvalue weighted by Gasteiger charge is -2.29. The molecule has 0 radical (unpaired) electrons. The molecule has 0 fully saturated rings. The number of hydrogen-bond acceptors (Lipinski definition) is 2. The molecule has 0 bridgehead atoms. The monoisotopic (exact) mass is 366 g/mol. The summed E-state index contributed by atoms with van der Waals surface area (Å²) < 4.78 is 0. The molecule has 0 saturated heterocycles. The Bertz CT molecular complexity index is 757. The van der Waals surface area contributed by atoms with Gasteiger partial charge in [-0.2, -0.15) is 0 Å². The summed E-state index contributed by atoms with van der Waals surface area (Å²) in [7, 11) is 0. The lowest BCUT2D eigenvalue weighted by Crippen LogP contribution is -2.21. The van der Waals surface area contributed by atoms with Gasteiger partial charge in [0.15, 0.2) is 0 Å². The molecule has 0 aliphatic rings. The third kappa shape index (κ3) is 4.66. The Balaban J connectivity index is 2.60. The molecule has 0 spiro atoms. The van der Waals surface area contributed by atoms with Gasteiger partial charge in [0.1, 0.15) is 0 Å². The van der Waals surface area contributed by atoms with Gasteiger partial charge in [0.05, 0.1) is 0 Å². The van der Waals surface area contributed by atoms with E-state index in [-0.39, 0.29) is 10.8 Å². The van der Waals surface area contributed by atoms with Gasteiger partial charge < -0.3 is 11.5 Å². The predicted molar refractivity (Wildman–Crippen MR) is 121 cm³/mol. The minimum Gasteiger partial charge on any atom is -0.398 e. The number of nitrogen functional groups attached to an aromatic ring is 2. The molecular formula is C25H38N2. The van der Waals surface area contributed by atoms with Crippen molar-refractivity contribution < 1.29 is 0 Å². The van der Waals surface area contributed by atoms with Crippen LogP contribution >= 0.6 is 0 Å². The van der Waals surface area contributed by atoms with Gasteiger partial charge in [0, 0.05) is 11.4 Å². The van der Waals surface area contributed by atoms with E-state index >= 15 is 0 Å². The molecule has 148 valence electrons. The lowest BCUT2D eigenvalue weighted by atomic mass is 9.77. The van der Waals surface area contributed by atoms with Crippen molar-refractivity contribution in [3.8, 4) is 0 Å². The van der Waals surface area contributed by atoms with Crippen LogP contribution in [0.3, 0.4) is 0 Å². The van der Waals surface area contributed by atoms with Crippen molar-refractivity contribution in [2.45, 2.75) is 85.5 Å². The Hall–Kier alpha value is -1.96. The van der Waals surface area contributed by atoms with E-state index in [9.17, 15) is 0 Å². The minimum absolute atomic E-state index is 0.0182. The van der Waals surface area contributed by atoms with E-state index in [1.165, 1.54) is 33.4 Å². The highest BCUT2D eigenvalue weighted by atomic mass is 14.6. The lowest BCUT2D eigenvalue weighted by molar-refractivity contribution is 0.571. The third-order valence-electron chi connectivity index (χ3n) is 5.44. The largest absolute Gasteiger partial charge is 0.398 e. The predicted octanol–water partition coefficient (Wildman–Crippen LogP) is 6.16. The topological polar surface area (TPSA) is 52.0 Å². The summed E-state index contributed by atoms with van der Waals surface area (Å²) in [6.45, 7) is 17.8. The van der Waals surface area contributed by atoms with Crippen LogP contribution in [0.4, 0.5) is 11.4 Å². The zero-order valence-corrected chi connectivity index (χ0v) is 18.6.